The van der Waals surface area contributed by atoms with E-state index < -0.39 is 10.2 Å². The second kappa shape index (κ2) is 7.38. The normalized spacial score (nSPS) is 17.9. The van der Waals surface area contributed by atoms with Crippen molar-refractivity contribution < 1.29 is 8.42 Å². The molecule has 7 heteroatoms. The molecule has 0 unspecified atom stereocenters. The second-order valence-corrected chi connectivity index (χ2v) is 7.09. The highest BCUT2D eigenvalue weighted by Gasteiger charge is 2.28. The van der Waals surface area contributed by atoms with Gasteiger partial charge in [0, 0.05) is 46.8 Å². The number of halogens is 1. The van der Waals surface area contributed by atoms with E-state index in [9.17, 15) is 8.42 Å². The Morgan fingerprint density at radius 2 is 1.60 bits per heavy atom. The van der Waals surface area contributed by atoms with Crippen LogP contribution in [-0.2, 0) is 16.8 Å². The van der Waals surface area contributed by atoms with Crippen molar-refractivity contribution in [1.82, 2.24) is 13.5 Å². The Kier molecular flexibility index (Phi) is 6.42. The van der Waals surface area contributed by atoms with E-state index in [2.05, 4.69) is 17.0 Å². The zero-order chi connectivity index (χ0) is 13.9. The van der Waals surface area contributed by atoms with Gasteiger partial charge < -0.3 is 0 Å². The van der Waals surface area contributed by atoms with Crippen LogP contribution in [0.1, 0.15) is 5.56 Å². The molecule has 5 nitrogen and oxygen atoms in total. The third-order valence-corrected chi connectivity index (χ3v) is 5.31. The Hall–Kier alpha value is -0.660. The van der Waals surface area contributed by atoms with E-state index in [1.807, 2.05) is 18.2 Å². The SMILES string of the molecule is CN(C)S(=O)(=O)N1CCN(Cc2ccccc2)CC1.Cl. The molecule has 20 heavy (non-hydrogen) atoms. The fourth-order valence-corrected chi connectivity index (χ4v) is 3.28. The average molecular weight is 320 g/mol. The Balaban J connectivity index is 0.00000200. The molecule has 2 rings (SSSR count). The lowest BCUT2D eigenvalue weighted by atomic mass is 10.2. The lowest BCUT2D eigenvalue weighted by molar-refractivity contribution is 0.177. The largest absolute Gasteiger partial charge is 0.296 e. The van der Waals surface area contributed by atoms with Crippen molar-refractivity contribution in [3.05, 3.63) is 35.9 Å². The summed E-state index contributed by atoms with van der Waals surface area (Å²) in [6.07, 6.45) is 0. The molecule has 1 aromatic rings. The van der Waals surface area contributed by atoms with Gasteiger partial charge >= 0.3 is 0 Å². The van der Waals surface area contributed by atoms with Crippen LogP contribution in [0.5, 0.6) is 0 Å². The van der Waals surface area contributed by atoms with Crippen LogP contribution in [0.15, 0.2) is 30.3 Å². The van der Waals surface area contributed by atoms with Crippen LogP contribution >= 0.6 is 12.4 Å². The summed E-state index contributed by atoms with van der Waals surface area (Å²) in [5, 5.41) is 0. The van der Waals surface area contributed by atoms with Crippen LogP contribution in [0.4, 0.5) is 0 Å². The van der Waals surface area contributed by atoms with Crippen LogP contribution in [0.25, 0.3) is 0 Å². The minimum absolute atomic E-state index is 0. The maximum atomic E-state index is 12.0. The molecule has 0 saturated carbocycles. The van der Waals surface area contributed by atoms with Gasteiger partial charge in [-0.2, -0.15) is 17.0 Å². The highest BCUT2D eigenvalue weighted by molar-refractivity contribution is 7.86. The van der Waals surface area contributed by atoms with Gasteiger partial charge in [0.25, 0.3) is 10.2 Å². The molecule has 1 aliphatic rings. The first-order valence-electron chi connectivity index (χ1n) is 6.44. The summed E-state index contributed by atoms with van der Waals surface area (Å²) in [6, 6.07) is 10.3. The first kappa shape index (κ1) is 17.4. The second-order valence-electron chi connectivity index (χ2n) is 4.95. The number of hydrogen-bond acceptors (Lipinski definition) is 3. The van der Waals surface area contributed by atoms with Gasteiger partial charge in [-0.3, -0.25) is 4.90 Å². The van der Waals surface area contributed by atoms with Crippen LogP contribution in [0.3, 0.4) is 0 Å². The molecule has 0 atom stereocenters. The third kappa shape index (κ3) is 4.17. The summed E-state index contributed by atoms with van der Waals surface area (Å²) >= 11 is 0. The van der Waals surface area contributed by atoms with Gasteiger partial charge in [0.15, 0.2) is 0 Å². The molecule has 0 spiro atoms. The minimum atomic E-state index is -3.26. The minimum Gasteiger partial charge on any atom is -0.296 e. The molecule has 1 heterocycles. The molecule has 0 radical (unpaired) electrons. The van der Waals surface area contributed by atoms with E-state index in [4.69, 9.17) is 0 Å². The topological polar surface area (TPSA) is 43.9 Å². The van der Waals surface area contributed by atoms with Crippen molar-refractivity contribution in [2.45, 2.75) is 6.54 Å². The van der Waals surface area contributed by atoms with E-state index in [1.54, 1.807) is 18.4 Å². The van der Waals surface area contributed by atoms with Gasteiger partial charge in [0.1, 0.15) is 0 Å². The number of piperazine rings is 1. The molecular weight excluding hydrogens is 298 g/mol. The van der Waals surface area contributed by atoms with Gasteiger partial charge in [-0.05, 0) is 5.56 Å². The Bertz CT molecular complexity index is 500. The number of benzene rings is 1. The monoisotopic (exact) mass is 319 g/mol. The quantitative estimate of drug-likeness (QED) is 0.832. The van der Waals surface area contributed by atoms with E-state index in [-0.39, 0.29) is 12.4 Å². The molecule has 0 N–H and O–H groups in total. The van der Waals surface area contributed by atoms with Crippen molar-refractivity contribution in [1.29, 1.82) is 0 Å². The summed E-state index contributed by atoms with van der Waals surface area (Å²) in [5.74, 6) is 0. The summed E-state index contributed by atoms with van der Waals surface area (Å²) in [6.45, 7) is 3.57. The van der Waals surface area contributed by atoms with Gasteiger partial charge in [-0.15, -0.1) is 12.4 Å². The van der Waals surface area contributed by atoms with E-state index in [0.717, 1.165) is 19.6 Å². The summed E-state index contributed by atoms with van der Waals surface area (Å²) in [7, 11) is -0.106. The van der Waals surface area contributed by atoms with Gasteiger partial charge in [-0.25, -0.2) is 0 Å². The molecule has 0 amide bonds. The maximum Gasteiger partial charge on any atom is 0.281 e. The molecule has 1 saturated heterocycles. The van der Waals surface area contributed by atoms with Crippen molar-refractivity contribution in [3.63, 3.8) is 0 Å². The molecule has 1 aliphatic heterocycles. The fraction of sp³-hybridized carbons (Fsp3) is 0.538. The van der Waals surface area contributed by atoms with Crippen LogP contribution in [0.2, 0.25) is 0 Å². The predicted octanol–water partition coefficient (Wildman–Crippen LogP) is 1.03. The first-order valence-corrected chi connectivity index (χ1v) is 7.84. The predicted molar refractivity (Wildman–Crippen MR) is 83.1 cm³/mol. The summed E-state index contributed by atoms with van der Waals surface area (Å²) in [5.41, 5.74) is 1.27. The Labute approximate surface area is 127 Å². The third-order valence-electron chi connectivity index (χ3n) is 3.37. The van der Waals surface area contributed by atoms with Gasteiger partial charge in [0.2, 0.25) is 0 Å². The number of hydrogen-bond donors (Lipinski definition) is 0. The van der Waals surface area contributed by atoms with Crippen molar-refractivity contribution >= 4 is 22.6 Å². The summed E-state index contributed by atoms with van der Waals surface area (Å²) < 4.78 is 26.8. The van der Waals surface area contributed by atoms with Crippen LogP contribution in [-0.4, -0.2) is 62.2 Å². The van der Waals surface area contributed by atoms with Crippen molar-refractivity contribution in [2.24, 2.45) is 0 Å². The molecule has 1 fully saturated rings. The first-order chi connectivity index (χ1) is 9.00. The molecule has 0 aliphatic carbocycles. The molecular formula is C13H22ClN3O2S. The van der Waals surface area contributed by atoms with E-state index >= 15 is 0 Å². The Morgan fingerprint density at radius 1 is 1.05 bits per heavy atom. The van der Waals surface area contributed by atoms with Crippen molar-refractivity contribution in [2.75, 3.05) is 40.3 Å². The van der Waals surface area contributed by atoms with Gasteiger partial charge in [0.05, 0.1) is 0 Å². The highest BCUT2D eigenvalue weighted by atomic mass is 35.5. The molecule has 114 valence electrons. The lowest BCUT2D eigenvalue weighted by Gasteiger charge is -2.35. The number of nitrogens with zero attached hydrogens (tertiary/aromatic N) is 3. The zero-order valence-electron chi connectivity index (χ0n) is 11.9. The lowest BCUT2D eigenvalue weighted by Crippen LogP contribution is -2.51. The van der Waals surface area contributed by atoms with Gasteiger partial charge in [-0.1, -0.05) is 30.3 Å². The highest BCUT2D eigenvalue weighted by Crippen LogP contribution is 2.12. The van der Waals surface area contributed by atoms with Crippen LogP contribution in [0, 0.1) is 0 Å². The fourth-order valence-electron chi connectivity index (χ4n) is 2.19. The van der Waals surface area contributed by atoms with Crippen molar-refractivity contribution in [3.8, 4) is 0 Å². The molecule has 1 aromatic carbocycles. The van der Waals surface area contributed by atoms with Crippen LogP contribution < -0.4 is 0 Å². The van der Waals surface area contributed by atoms with E-state index in [1.165, 1.54) is 9.87 Å². The number of rotatable bonds is 4. The Morgan fingerprint density at radius 3 is 2.10 bits per heavy atom. The standard InChI is InChI=1S/C13H21N3O2S.ClH/c1-14(2)19(17,18)16-10-8-15(9-11-16)12-13-6-4-3-5-7-13;/h3-7H,8-12H2,1-2H3;1H. The molecule has 0 bridgehead atoms. The average Bonchev–Trinajstić information content (AvgIpc) is 2.40. The zero-order valence-corrected chi connectivity index (χ0v) is 13.5. The maximum absolute atomic E-state index is 12.0. The summed E-state index contributed by atoms with van der Waals surface area (Å²) in [4.78, 5) is 2.29. The molecule has 0 aromatic heterocycles. The smallest absolute Gasteiger partial charge is 0.281 e. The van der Waals surface area contributed by atoms with E-state index in [0.29, 0.717) is 13.1 Å².